The van der Waals surface area contributed by atoms with Gasteiger partial charge in [-0.1, -0.05) is 25.1 Å². The molecule has 0 amide bonds. The smallest absolute Gasteiger partial charge is 0.0703 e. The number of ether oxygens (including phenoxy) is 1. The summed E-state index contributed by atoms with van der Waals surface area (Å²) in [7, 11) is 0. The van der Waals surface area contributed by atoms with Crippen LogP contribution in [-0.4, -0.2) is 25.3 Å². The van der Waals surface area contributed by atoms with Gasteiger partial charge in [-0.15, -0.1) is 0 Å². The molecule has 1 aromatic rings. The normalized spacial score (nSPS) is 14.4. The summed E-state index contributed by atoms with van der Waals surface area (Å²) in [5.41, 5.74) is 4.22. The van der Waals surface area contributed by atoms with Gasteiger partial charge in [0.25, 0.3) is 0 Å². The summed E-state index contributed by atoms with van der Waals surface area (Å²) in [6.07, 6.45) is 2.44. The SMILES string of the molecule is CCCNC(Cc1c(C)cccc1C)C(C)OCC. The van der Waals surface area contributed by atoms with E-state index < -0.39 is 0 Å². The number of hydrogen-bond acceptors (Lipinski definition) is 2. The first-order valence-electron chi connectivity index (χ1n) is 7.50. The van der Waals surface area contributed by atoms with E-state index in [4.69, 9.17) is 4.74 Å². The van der Waals surface area contributed by atoms with Crippen LogP contribution in [0.4, 0.5) is 0 Å². The summed E-state index contributed by atoms with van der Waals surface area (Å²) in [6.45, 7) is 12.7. The van der Waals surface area contributed by atoms with Gasteiger partial charge < -0.3 is 10.1 Å². The Morgan fingerprint density at radius 1 is 1.16 bits per heavy atom. The van der Waals surface area contributed by atoms with E-state index in [1.54, 1.807) is 0 Å². The molecule has 0 aliphatic heterocycles. The third-order valence-corrected chi connectivity index (χ3v) is 3.72. The lowest BCUT2D eigenvalue weighted by Crippen LogP contribution is -2.42. The minimum atomic E-state index is 0.246. The summed E-state index contributed by atoms with van der Waals surface area (Å²) >= 11 is 0. The van der Waals surface area contributed by atoms with Crippen molar-refractivity contribution in [1.82, 2.24) is 5.32 Å². The fourth-order valence-electron chi connectivity index (χ4n) is 2.50. The topological polar surface area (TPSA) is 21.3 Å². The van der Waals surface area contributed by atoms with E-state index >= 15 is 0 Å². The summed E-state index contributed by atoms with van der Waals surface area (Å²) in [5.74, 6) is 0. The predicted octanol–water partition coefficient (Wildman–Crippen LogP) is 3.64. The molecule has 0 aromatic heterocycles. The number of aryl methyl sites for hydroxylation is 2. The molecule has 0 fully saturated rings. The van der Waals surface area contributed by atoms with Crippen molar-refractivity contribution in [1.29, 1.82) is 0 Å². The van der Waals surface area contributed by atoms with Gasteiger partial charge in [-0.2, -0.15) is 0 Å². The molecule has 0 aliphatic carbocycles. The molecule has 0 aliphatic rings. The van der Waals surface area contributed by atoms with Gasteiger partial charge in [0, 0.05) is 12.6 Å². The maximum absolute atomic E-state index is 5.79. The van der Waals surface area contributed by atoms with Crippen molar-refractivity contribution in [2.75, 3.05) is 13.2 Å². The Labute approximate surface area is 118 Å². The molecule has 2 heteroatoms. The third kappa shape index (κ3) is 4.96. The second-order valence-electron chi connectivity index (χ2n) is 5.30. The van der Waals surface area contributed by atoms with Crippen LogP contribution in [0.3, 0.4) is 0 Å². The van der Waals surface area contributed by atoms with Crippen molar-refractivity contribution in [3.63, 3.8) is 0 Å². The van der Waals surface area contributed by atoms with Crippen molar-refractivity contribution < 1.29 is 4.74 Å². The first-order valence-corrected chi connectivity index (χ1v) is 7.50. The van der Waals surface area contributed by atoms with Crippen LogP contribution in [0.15, 0.2) is 18.2 Å². The van der Waals surface area contributed by atoms with Gasteiger partial charge in [0.2, 0.25) is 0 Å². The zero-order chi connectivity index (χ0) is 14.3. The van der Waals surface area contributed by atoms with Crippen LogP contribution in [0, 0.1) is 13.8 Å². The van der Waals surface area contributed by atoms with E-state index in [1.807, 2.05) is 0 Å². The minimum Gasteiger partial charge on any atom is -0.377 e. The van der Waals surface area contributed by atoms with Gasteiger partial charge in [0.1, 0.15) is 0 Å². The van der Waals surface area contributed by atoms with E-state index in [-0.39, 0.29) is 6.10 Å². The Hall–Kier alpha value is -0.860. The van der Waals surface area contributed by atoms with Crippen molar-refractivity contribution in [2.45, 2.75) is 59.6 Å². The summed E-state index contributed by atoms with van der Waals surface area (Å²) in [4.78, 5) is 0. The van der Waals surface area contributed by atoms with Gasteiger partial charge in [0.05, 0.1) is 6.10 Å². The number of nitrogens with one attached hydrogen (secondary N) is 1. The average Bonchev–Trinajstić information content (AvgIpc) is 2.37. The Kier molecular flexibility index (Phi) is 7.11. The maximum Gasteiger partial charge on any atom is 0.0703 e. The highest BCUT2D eigenvalue weighted by Gasteiger charge is 2.18. The number of benzene rings is 1. The Morgan fingerprint density at radius 2 is 1.79 bits per heavy atom. The third-order valence-electron chi connectivity index (χ3n) is 3.72. The zero-order valence-corrected chi connectivity index (χ0v) is 13.1. The lowest BCUT2D eigenvalue weighted by atomic mass is 9.94. The highest BCUT2D eigenvalue weighted by Crippen LogP contribution is 2.17. The molecule has 0 saturated heterocycles. The average molecular weight is 263 g/mol. The zero-order valence-electron chi connectivity index (χ0n) is 13.1. The predicted molar refractivity (Wildman–Crippen MR) is 82.8 cm³/mol. The van der Waals surface area contributed by atoms with Crippen molar-refractivity contribution in [3.8, 4) is 0 Å². The maximum atomic E-state index is 5.79. The van der Waals surface area contributed by atoms with Crippen molar-refractivity contribution in [3.05, 3.63) is 34.9 Å². The van der Waals surface area contributed by atoms with Crippen LogP contribution < -0.4 is 5.32 Å². The molecule has 0 heterocycles. The quantitative estimate of drug-likeness (QED) is 0.773. The standard InChI is InChI=1S/C17H29NO/c1-6-11-18-17(15(5)19-7-2)12-16-13(3)9-8-10-14(16)4/h8-10,15,17-18H,6-7,11-12H2,1-5H3. The largest absolute Gasteiger partial charge is 0.377 e. The van der Waals surface area contributed by atoms with Crippen LogP contribution in [0.25, 0.3) is 0 Å². The molecule has 2 atom stereocenters. The van der Waals surface area contributed by atoms with Crippen LogP contribution in [0.2, 0.25) is 0 Å². The Bertz CT molecular complexity index is 355. The number of rotatable bonds is 8. The molecule has 1 aromatic carbocycles. The second-order valence-corrected chi connectivity index (χ2v) is 5.30. The highest BCUT2D eigenvalue weighted by atomic mass is 16.5. The number of hydrogen-bond donors (Lipinski definition) is 1. The fraction of sp³-hybridized carbons (Fsp3) is 0.647. The van der Waals surface area contributed by atoms with Gasteiger partial charge in [-0.05, 0) is 63.8 Å². The fourth-order valence-corrected chi connectivity index (χ4v) is 2.50. The van der Waals surface area contributed by atoms with Crippen molar-refractivity contribution in [2.24, 2.45) is 0 Å². The molecule has 0 bridgehead atoms. The summed E-state index contributed by atoms with van der Waals surface area (Å²) in [6, 6.07) is 6.92. The van der Waals surface area contributed by atoms with Gasteiger partial charge in [0.15, 0.2) is 0 Å². The molecule has 0 radical (unpaired) electrons. The molecule has 19 heavy (non-hydrogen) atoms. The minimum absolute atomic E-state index is 0.246. The van der Waals surface area contributed by atoms with Crippen LogP contribution >= 0.6 is 0 Å². The van der Waals surface area contributed by atoms with Gasteiger partial charge in [-0.25, -0.2) is 0 Å². The molecule has 2 unspecified atom stereocenters. The van der Waals surface area contributed by atoms with Gasteiger partial charge >= 0.3 is 0 Å². The Morgan fingerprint density at radius 3 is 2.32 bits per heavy atom. The molecule has 108 valence electrons. The highest BCUT2D eigenvalue weighted by molar-refractivity contribution is 5.34. The van der Waals surface area contributed by atoms with E-state index in [9.17, 15) is 0 Å². The monoisotopic (exact) mass is 263 g/mol. The van der Waals surface area contributed by atoms with E-state index in [0.717, 1.165) is 26.0 Å². The van der Waals surface area contributed by atoms with E-state index in [0.29, 0.717) is 6.04 Å². The van der Waals surface area contributed by atoms with Crippen LogP contribution in [-0.2, 0) is 11.2 Å². The van der Waals surface area contributed by atoms with Crippen molar-refractivity contribution >= 4 is 0 Å². The first kappa shape index (κ1) is 16.2. The summed E-state index contributed by atoms with van der Waals surface area (Å²) < 4.78 is 5.79. The molecular formula is C17H29NO. The summed E-state index contributed by atoms with van der Waals surface area (Å²) in [5, 5.41) is 3.63. The molecule has 2 nitrogen and oxygen atoms in total. The lowest BCUT2D eigenvalue weighted by Gasteiger charge is -2.26. The molecule has 0 saturated carbocycles. The molecule has 1 rings (SSSR count). The van der Waals surface area contributed by atoms with E-state index in [1.165, 1.54) is 16.7 Å². The van der Waals surface area contributed by atoms with Gasteiger partial charge in [-0.3, -0.25) is 0 Å². The lowest BCUT2D eigenvalue weighted by molar-refractivity contribution is 0.0476. The first-order chi connectivity index (χ1) is 9.10. The van der Waals surface area contributed by atoms with Crippen LogP contribution in [0.5, 0.6) is 0 Å². The molecular weight excluding hydrogens is 234 g/mol. The second kappa shape index (κ2) is 8.34. The van der Waals surface area contributed by atoms with E-state index in [2.05, 4.69) is 58.1 Å². The molecule has 0 spiro atoms. The molecule has 1 N–H and O–H groups in total. The Balaban J connectivity index is 2.81. The van der Waals surface area contributed by atoms with Crippen LogP contribution in [0.1, 0.15) is 43.9 Å².